The van der Waals surface area contributed by atoms with Crippen LogP contribution in [0.15, 0.2) is 78.6 Å². The number of hydrogen-bond acceptors (Lipinski definition) is 10. The van der Waals surface area contributed by atoms with Crippen molar-refractivity contribution < 1.29 is 42.3 Å². The van der Waals surface area contributed by atoms with E-state index >= 15 is 0 Å². The lowest BCUT2D eigenvalue weighted by Crippen LogP contribution is -2.57. The van der Waals surface area contributed by atoms with Gasteiger partial charge in [0.1, 0.15) is 18.6 Å². The second-order valence-corrected chi connectivity index (χ2v) is 21.0. The molecule has 3 atom stereocenters. The number of β-amino-alcohol motifs (C(OH)–C–C–N with tert-alkyl or cyclic N) is 1. The second-order valence-electron chi connectivity index (χ2n) is 20.2. The number of fused-ring (bicyclic) bond motifs is 1. The van der Waals surface area contributed by atoms with Gasteiger partial charge in [-0.25, -0.2) is 4.98 Å². The number of H-pyrrole nitrogens is 1. The van der Waals surface area contributed by atoms with Crippen molar-refractivity contribution in [1.82, 2.24) is 40.5 Å². The number of aromatic amines is 1. The highest BCUT2D eigenvalue weighted by atomic mass is 32.1. The largest absolute Gasteiger partial charge is 0.416 e. The molecule has 74 heavy (non-hydrogen) atoms. The van der Waals surface area contributed by atoms with Crippen LogP contribution in [0.5, 0.6) is 0 Å². The molecule has 0 unspecified atom stereocenters. The summed E-state index contributed by atoms with van der Waals surface area (Å²) in [6.45, 7) is 9.00. The summed E-state index contributed by atoms with van der Waals surface area (Å²) in [7, 11) is 0. The SMILES string of the molecule is Cc1ccc(NC(=O)Cn2cc(-c3ccc4c(NC(=O)CCCCCCCCCCC(=O)N[C@@H](C(=O)N5C[C@H](O)C[C@H]5C(=O)NCc5ccc(-c6scnc6C)cc5)C(C)(C)C)n[nH]c4c3)cn2)cc1C(F)(F)F. The zero-order valence-electron chi connectivity index (χ0n) is 42.4. The van der Waals surface area contributed by atoms with Crippen molar-refractivity contribution in [2.24, 2.45) is 5.41 Å². The lowest BCUT2D eigenvalue weighted by molar-refractivity contribution is -0.144. The standard InChI is InChI=1S/C54H65F3N10O6S/c1-33-16-22-39(25-42(33)54(55,56)57)61-47(71)31-66-29-38(28-60-66)37-21-23-41-43(24-37)64-65-50(41)63-46(70)15-13-11-9-7-6-8-10-12-14-45(69)62-49(53(3,4)5)52(73)67-30-40(68)26-44(67)51(72)58-27-35-17-19-36(20-18-35)48-34(2)59-32-74-48/h16-25,28-29,32,40,44,49,68H,6-15,26-27,30-31H2,1-5H3,(H,58,72)(H,61,71)(H,62,69)(H2,63,64,65,70)/t40-,44+,49+/m1/s1. The van der Waals surface area contributed by atoms with Gasteiger partial charge in [0.25, 0.3) is 0 Å². The molecule has 20 heteroatoms. The van der Waals surface area contributed by atoms with Gasteiger partial charge in [-0.1, -0.05) is 95.7 Å². The zero-order chi connectivity index (χ0) is 53.2. The number of benzene rings is 3. The van der Waals surface area contributed by atoms with E-state index < -0.39 is 41.2 Å². The third-order valence-electron chi connectivity index (χ3n) is 13.2. The molecule has 394 valence electrons. The van der Waals surface area contributed by atoms with Crippen LogP contribution in [0, 0.1) is 19.3 Å². The summed E-state index contributed by atoms with van der Waals surface area (Å²) in [6, 6.07) is 15.3. The number of thiazole rings is 1. The highest BCUT2D eigenvalue weighted by molar-refractivity contribution is 7.13. The van der Waals surface area contributed by atoms with Crippen molar-refractivity contribution in [2.75, 3.05) is 17.2 Å². The van der Waals surface area contributed by atoms with Crippen LogP contribution < -0.4 is 21.3 Å². The third kappa shape index (κ3) is 14.6. The fourth-order valence-electron chi connectivity index (χ4n) is 9.09. The number of amides is 5. The first kappa shape index (κ1) is 54.8. The Labute approximate surface area is 432 Å². The number of unbranched alkanes of at least 4 members (excludes halogenated alkanes) is 7. The maximum atomic E-state index is 14.0. The first-order valence-corrected chi connectivity index (χ1v) is 25.9. The molecule has 16 nitrogen and oxygen atoms in total. The highest BCUT2D eigenvalue weighted by Crippen LogP contribution is 2.34. The minimum Gasteiger partial charge on any atom is -0.391 e. The number of aliphatic hydroxyl groups is 1. The number of likely N-dealkylation sites (tertiary alicyclic amines) is 1. The number of carbonyl (C=O) groups is 5. The number of nitrogens with one attached hydrogen (secondary N) is 5. The van der Waals surface area contributed by atoms with Gasteiger partial charge in [-0.3, -0.25) is 33.8 Å². The number of halogens is 3. The molecular formula is C54H65F3N10O6S. The van der Waals surface area contributed by atoms with Crippen molar-refractivity contribution >= 4 is 63.3 Å². The normalized spacial score (nSPS) is 15.3. The number of hydrogen-bond donors (Lipinski definition) is 6. The Morgan fingerprint density at radius 3 is 2.16 bits per heavy atom. The van der Waals surface area contributed by atoms with Crippen LogP contribution in [-0.4, -0.2) is 89.2 Å². The van der Waals surface area contributed by atoms with Crippen LogP contribution in [0.2, 0.25) is 0 Å². The topological polar surface area (TPSA) is 216 Å². The average Bonchev–Trinajstić information content (AvgIpc) is 4.18. The summed E-state index contributed by atoms with van der Waals surface area (Å²) in [5, 5.41) is 34.1. The number of rotatable bonds is 22. The van der Waals surface area contributed by atoms with E-state index in [1.54, 1.807) is 23.7 Å². The third-order valence-corrected chi connectivity index (χ3v) is 14.2. The molecule has 6 aromatic rings. The van der Waals surface area contributed by atoms with Crippen molar-refractivity contribution in [3.05, 3.63) is 101 Å². The van der Waals surface area contributed by atoms with Gasteiger partial charge in [0, 0.05) is 55.2 Å². The molecule has 1 fully saturated rings. The molecule has 4 heterocycles. The number of nitrogens with zero attached hydrogens (tertiary/aromatic N) is 5. The second kappa shape index (κ2) is 24.4. The predicted molar refractivity (Wildman–Crippen MR) is 279 cm³/mol. The highest BCUT2D eigenvalue weighted by Gasteiger charge is 2.44. The van der Waals surface area contributed by atoms with Gasteiger partial charge in [-0.2, -0.15) is 23.4 Å². The first-order valence-electron chi connectivity index (χ1n) is 25.1. The molecule has 3 aromatic carbocycles. The van der Waals surface area contributed by atoms with Crippen LogP contribution >= 0.6 is 11.3 Å². The fourth-order valence-corrected chi connectivity index (χ4v) is 9.90. The van der Waals surface area contributed by atoms with Gasteiger partial charge in [0.05, 0.1) is 39.5 Å². The minimum atomic E-state index is -4.54. The Morgan fingerprint density at radius 1 is 0.824 bits per heavy atom. The van der Waals surface area contributed by atoms with E-state index in [4.69, 9.17) is 0 Å². The van der Waals surface area contributed by atoms with Crippen LogP contribution in [0.3, 0.4) is 0 Å². The lowest BCUT2D eigenvalue weighted by Gasteiger charge is -2.35. The Balaban J connectivity index is 0.762. The average molecular weight is 1040 g/mol. The van der Waals surface area contributed by atoms with Gasteiger partial charge in [0.2, 0.25) is 29.5 Å². The summed E-state index contributed by atoms with van der Waals surface area (Å²) in [6.07, 6.45) is 5.62. The summed E-state index contributed by atoms with van der Waals surface area (Å²) < 4.78 is 41.4. The molecule has 0 spiro atoms. The van der Waals surface area contributed by atoms with Crippen LogP contribution in [-0.2, 0) is 43.2 Å². The molecule has 7 rings (SSSR count). The van der Waals surface area contributed by atoms with Gasteiger partial charge in [-0.15, -0.1) is 11.3 Å². The monoisotopic (exact) mass is 1040 g/mol. The minimum absolute atomic E-state index is 0.00838. The van der Waals surface area contributed by atoms with Crippen molar-refractivity contribution in [3.63, 3.8) is 0 Å². The number of carbonyl (C=O) groups excluding carboxylic acids is 5. The lowest BCUT2D eigenvalue weighted by atomic mass is 9.85. The predicted octanol–water partition coefficient (Wildman–Crippen LogP) is 9.47. The van der Waals surface area contributed by atoms with E-state index in [1.165, 1.54) is 28.6 Å². The van der Waals surface area contributed by atoms with Crippen molar-refractivity contribution in [3.8, 4) is 21.6 Å². The van der Waals surface area contributed by atoms with E-state index in [0.717, 1.165) is 83.7 Å². The van der Waals surface area contributed by atoms with Gasteiger partial charge >= 0.3 is 6.18 Å². The number of anilines is 2. The van der Waals surface area contributed by atoms with Crippen LogP contribution in [0.4, 0.5) is 24.7 Å². The molecular weight excluding hydrogens is 974 g/mol. The fraction of sp³-hybridized carbons (Fsp3) is 0.444. The maximum Gasteiger partial charge on any atom is 0.416 e. The molecule has 3 aromatic heterocycles. The van der Waals surface area contributed by atoms with Gasteiger partial charge < -0.3 is 31.3 Å². The van der Waals surface area contributed by atoms with Gasteiger partial charge in [-0.05, 0) is 78.6 Å². The quantitative estimate of drug-likeness (QED) is 0.0357. The van der Waals surface area contributed by atoms with Crippen LogP contribution in [0.1, 0.15) is 114 Å². The molecule has 6 N–H and O–H groups in total. The number of aromatic nitrogens is 5. The molecule has 0 aliphatic carbocycles. The van der Waals surface area contributed by atoms with E-state index in [-0.39, 0.29) is 67.4 Å². The molecule has 1 aliphatic rings. The Morgan fingerprint density at radius 2 is 1.50 bits per heavy atom. The van der Waals surface area contributed by atoms with Crippen LogP contribution in [0.25, 0.3) is 32.5 Å². The number of alkyl halides is 3. The van der Waals surface area contributed by atoms with Gasteiger partial charge in [0.15, 0.2) is 5.82 Å². The smallest absolute Gasteiger partial charge is 0.391 e. The molecule has 5 amide bonds. The molecule has 0 radical (unpaired) electrons. The van der Waals surface area contributed by atoms with Crippen molar-refractivity contribution in [1.29, 1.82) is 0 Å². The summed E-state index contributed by atoms with van der Waals surface area (Å²) in [5.41, 5.74) is 5.52. The van der Waals surface area contributed by atoms with E-state index in [9.17, 15) is 42.3 Å². The zero-order valence-corrected chi connectivity index (χ0v) is 43.2. The number of aryl methyl sites for hydroxylation is 2. The Hall–Kier alpha value is -6.93. The summed E-state index contributed by atoms with van der Waals surface area (Å²) in [5.74, 6) is -1.23. The Bertz CT molecular complexity index is 2920. The van der Waals surface area contributed by atoms with E-state index in [1.807, 2.05) is 75.7 Å². The van der Waals surface area contributed by atoms with E-state index in [0.29, 0.717) is 29.7 Å². The molecule has 1 saturated heterocycles. The maximum absolute atomic E-state index is 14.0. The molecule has 1 aliphatic heterocycles. The Kier molecular flexibility index (Phi) is 18.1. The summed E-state index contributed by atoms with van der Waals surface area (Å²) >= 11 is 1.57. The molecule has 0 bridgehead atoms. The summed E-state index contributed by atoms with van der Waals surface area (Å²) in [4.78, 5) is 72.9. The first-order chi connectivity index (χ1) is 35.2. The number of aliphatic hydroxyl groups excluding tert-OH is 1. The molecule has 0 saturated carbocycles. The van der Waals surface area contributed by atoms with Crippen molar-refractivity contribution in [2.45, 2.75) is 143 Å². The van der Waals surface area contributed by atoms with E-state index in [2.05, 4.69) is 41.5 Å².